The summed E-state index contributed by atoms with van der Waals surface area (Å²) in [5, 5.41) is 6.13. The lowest BCUT2D eigenvalue weighted by atomic mass is 9.93. The van der Waals surface area contributed by atoms with Gasteiger partial charge in [0.2, 0.25) is 5.91 Å². The maximum absolute atomic E-state index is 13.8. The van der Waals surface area contributed by atoms with Crippen LogP contribution in [0.5, 0.6) is 5.75 Å². The Balaban J connectivity index is 1.49. The number of benzene rings is 2. The number of amides is 2. The molecular weight excluding hydrogens is 458 g/mol. The van der Waals surface area contributed by atoms with Crippen molar-refractivity contribution < 1.29 is 14.3 Å². The molecule has 1 atom stereocenters. The summed E-state index contributed by atoms with van der Waals surface area (Å²) >= 11 is 1.59. The molecule has 1 aliphatic rings. The Morgan fingerprint density at radius 3 is 2.60 bits per heavy atom. The van der Waals surface area contributed by atoms with Gasteiger partial charge in [-0.25, -0.2) is 0 Å². The fourth-order valence-electron chi connectivity index (χ4n) is 4.78. The van der Waals surface area contributed by atoms with Crippen LogP contribution < -0.4 is 10.1 Å². The molecule has 2 aromatic heterocycles. The van der Waals surface area contributed by atoms with Crippen molar-refractivity contribution in [1.29, 1.82) is 0 Å². The SMILES string of the molecule is CCc1ccc(CN2C(=O)c3cc4ccsc4n3CC2(C)C(=O)NCc2ccccc2OC)cc1. The molecule has 0 saturated carbocycles. The summed E-state index contributed by atoms with van der Waals surface area (Å²) < 4.78 is 7.44. The molecule has 5 rings (SSSR count). The number of hydrogen-bond acceptors (Lipinski definition) is 4. The summed E-state index contributed by atoms with van der Waals surface area (Å²) in [6.45, 7) is 5.05. The number of hydrogen-bond donors (Lipinski definition) is 1. The van der Waals surface area contributed by atoms with Gasteiger partial charge in [0.25, 0.3) is 5.91 Å². The molecule has 0 saturated heterocycles. The summed E-state index contributed by atoms with van der Waals surface area (Å²) in [5.41, 5.74) is 2.70. The number of ether oxygens (including phenoxy) is 1. The number of nitrogens with one attached hydrogen (secondary N) is 1. The average Bonchev–Trinajstić information content (AvgIpc) is 3.48. The van der Waals surface area contributed by atoms with Gasteiger partial charge < -0.3 is 19.5 Å². The minimum Gasteiger partial charge on any atom is -0.496 e. The van der Waals surface area contributed by atoms with Crippen molar-refractivity contribution in [2.75, 3.05) is 7.11 Å². The monoisotopic (exact) mass is 487 g/mol. The molecule has 1 unspecified atom stereocenters. The molecule has 0 bridgehead atoms. The smallest absolute Gasteiger partial charge is 0.271 e. The van der Waals surface area contributed by atoms with Crippen molar-refractivity contribution in [2.45, 2.75) is 45.4 Å². The Labute approximate surface area is 209 Å². The van der Waals surface area contributed by atoms with Crippen molar-refractivity contribution in [3.8, 4) is 5.75 Å². The first-order valence-electron chi connectivity index (χ1n) is 11.8. The standard InChI is InChI=1S/C28H29N3O3S/c1-4-19-9-11-20(12-10-19)17-31-25(32)23-15-21-13-14-35-26(21)30(23)18-28(31,2)27(33)29-16-22-7-5-6-8-24(22)34-3/h5-15H,4,16-18H2,1-3H3,(H,29,33). The zero-order valence-corrected chi connectivity index (χ0v) is 21.0. The summed E-state index contributed by atoms with van der Waals surface area (Å²) in [5.74, 6) is 0.402. The number of aromatic nitrogens is 1. The third kappa shape index (κ3) is 4.10. The molecule has 180 valence electrons. The molecule has 0 spiro atoms. The molecule has 1 N–H and O–H groups in total. The van der Waals surface area contributed by atoms with Crippen LogP contribution in [0, 0.1) is 0 Å². The fourth-order valence-corrected chi connectivity index (χ4v) is 5.68. The molecule has 2 amide bonds. The zero-order chi connectivity index (χ0) is 24.6. The molecule has 2 aromatic carbocycles. The molecule has 0 aliphatic carbocycles. The van der Waals surface area contributed by atoms with E-state index in [1.165, 1.54) is 5.56 Å². The van der Waals surface area contributed by atoms with Crippen molar-refractivity contribution in [3.63, 3.8) is 0 Å². The highest BCUT2D eigenvalue weighted by atomic mass is 32.1. The average molecular weight is 488 g/mol. The Kier molecular flexibility index (Phi) is 6.11. The predicted molar refractivity (Wildman–Crippen MR) is 139 cm³/mol. The number of rotatable bonds is 7. The van der Waals surface area contributed by atoms with Gasteiger partial charge in [-0.3, -0.25) is 9.59 Å². The third-order valence-corrected chi connectivity index (χ3v) is 7.87. The van der Waals surface area contributed by atoms with Gasteiger partial charge in [0.15, 0.2) is 0 Å². The second-order valence-corrected chi connectivity index (χ2v) is 10.0. The van der Waals surface area contributed by atoms with Crippen LogP contribution in [0.3, 0.4) is 0 Å². The van der Waals surface area contributed by atoms with Crippen LogP contribution in [0.2, 0.25) is 0 Å². The first-order valence-corrected chi connectivity index (χ1v) is 12.7. The van der Waals surface area contributed by atoms with Gasteiger partial charge in [-0.2, -0.15) is 0 Å². The first-order chi connectivity index (χ1) is 16.9. The highest BCUT2D eigenvalue weighted by Gasteiger charge is 2.47. The van der Waals surface area contributed by atoms with E-state index in [1.54, 1.807) is 23.3 Å². The van der Waals surface area contributed by atoms with Crippen molar-refractivity contribution >= 4 is 33.4 Å². The Morgan fingerprint density at radius 1 is 1.11 bits per heavy atom. The van der Waals surface area contributed by atoms with Gasteiger partial charge in [0.1, 0.15) is 21.8 Å². The van der Waals surface area contributed by atoms with E-state index in [2.05, 4.69) is 24.4 Å². The summed E-state index contributed by atoms with van der Waals surface area (Å²) in [6.07, 6.45) is 0.955. The Morgan fingerprint density at radius 2 is 1.86 bits per heavy atom. The Bertz CT molecular complexity index is 1390. The Hall–Kier alpha value is -3.58. The van der Waals surface area contributed by atoms with Crippen molar-refractivity contribution in [2.24, 2.45) is 0 Å². The minimum absolute atomic E-state index is 0.130. The number of methoxy groups -OCH3 is 1. The van der Waals surface area contributed by atoms with E-state index in [1.807, 2.05) is 65.4 Å². The maximum Gasteiger partial charge on any atom is 0.271 e. The van der Waals surface area contributed by atoms with Crippen LogP contribution in [-0.4, -0.2) is 33.9 Å². The van der Waals surface area contributed by atoms with Crippen molar-refractivity contribution in [3.05, 3.63) is 88.4 Å². The highest BCUT2D eigenvalue weighted by Crippen LogP contribution is 2.35. The van der Waals surface area contributed by atoms with E-state index in [0.29, 0.717) is 25.3 Å². The minimum atomic E-state index is -1.06. The van der Waals surface area contributed by atoms with Crippen molar-refractivity contribution in [1.82, 2.24) is 14.8 Å². The quantitative estimate of drug-likeness (QED) is 0.399. The second-order valence-electron chi connectivity index (χ2n) is 9.13. The van der Waals surface area contributed by atoms with Gasteiger partial charge >= 0.3 is 0 Å². The largest absolute Gasteiger partial charge is 0.496 e. The summed E-state index contributed by atoms with van der Waals surface area (Å²) in [7, 11) is 1.62. The van der Waals surface area contributed by atoms with Gasteiger partial charge in [-0.15, -0.1) is 11.3 Å². The number of fused-ring (bicyclic) bond motifs is 3. The lowest BCUT2D eigenvalue weighted by Crippen LogP contribution is -2.63. The van der Waals surface area contributed by atoms with E-state index in [9.17, 15) is 9.59 Å². The zero-order valence-electron chi connectivity index (χ0n) is 20.2. The number of carbonyl (C=O) groups is 2. The van der Waals surface area contributed by atoms with Crippen LogP contribution in [0.4, 0.5) is 0 Å². The summed E-state index contributed by atoms with van der Waals surface area (Å²) in [4.78, 5) is 30.4. The molecule has 0 radical (unpaired) electrons. The maximum atomic E-state index is 13.8. The van der Waals surface area contributed by atoms with Crippen LogP contribution in [0.1, 0.15) is 41.0 Å². The topological polar surface area (TPSA) is 63.6 Å². The number of para-hydroxylation sites is 1. The molecule has 1 aliphatic heterocycles. The molecule has 35 heavy (non-hydrogen) atoms. The highest BCUT2D eigenvalue weighted by molar-refractivity contribution is 7.16. The lowest BCUT2D eigenvalue weighted by molar-refractivity contribution is -0.133. The fraction of sp³-hybridized carbons (Fsp3) is 0.286. The molecule has 7 heteroatoms. The molecule has 6 nitrogen and oxygen atoms in total. The number of carbonyl (C=O) groups excluding carboxylic acids is 2. The van der Waals surface area contributed by atoms with Gasteiger partial charge in [0.05, 0.1) is 13.7 Å². The third-order valence-electron chi connectivity index (χ3n) is 6.92. The van der Waals surface area contributed by atoms with Crippen LogP contribution in [-0.2, 0) is 30.8 Å². The van der Waals surface area contributed by atoms with E-state index < -0.39 is 5.54 Å². The number of nitrogens with zero attached hydrogens (tertiary/aromatic N) is 2. The van der Waals surface area contributed by atoms with Gasteiger partial charge in [0, 0.05) is 24.0 Å². The van der Waals surface area contributed by atoms with Crippen LogP contribution in [0.25, 0.3) is 10.2 Å². The second kappa shape index (κ2) is 9.23. The van der Waals surface area contributed by atoms with E-state index >= 15 is 0 Å². The summed E-state index contributed by atoms with van der Waals surface area (Å²) in [6, 6.07) is 19.8. The normalized spacial score (nSPS) is 17.5. The number of aryl methyl sites for hydroxylation is 1. The predicted octanol–water partition coefficient (Wildman–Crippen LogP) is 5.00. The van der Waals surface area contributed by atoms with Crippen LogP contribution in [0.15, 0.2) is 66.0 Å². The number of thiophene rings is 1. The van der Waals surface area contributed by atoms with E-state index in [4.69, 9.17) is 4.74 Å². The molecular formula is C28H29N3O3S. The first kappa shape index (κ1) is 23.2. The van der Waals surface area contributed by atoms with E-state index in [0.717, 1.165) is 33.5 Å². The lowest BCUT2D eigenvalue weighted by Gasteiger charge is -2.44. The van der Waals surface area contributed by atoms with Gasteiger partial charge in [-0.1, -0.05) is 49.4 Å². The van der Waals surface area contributed by atoms with Gasteiger partial charge in [-0.05, 0) is 48.1 Å². The molecule has 4 aromatic rings. The molecule has 3 heterocycles. The molecule has 0 fully saturated rings. The van der Waals surface area contributed by atoms with Crippen LogP contribution >= 0.6 is 11.3 Å². The van der Waals surface area contributed by atoms with E-state index in [-0.39, 0.29) is 11.8 Å².